The van der Waals surface area contributed by atoms with Gasteiger partial charge < -0.3 is 38.9 Å². The number of hydrogen-bond donors (Lipinski definition) is 4. The number of methoxy groups -OCH3 is 1. The molecule has 0 spiro atoms. The fourth-order valence-corrected chi connectivity index (χ4v) is 7.69. The Bertz CT molecular complexity index is 2810. The molecule has 2 aromatic carbocycles. The van der Waals surface area contributed by atoms with Crippen LogP contribution in [0.5, 0.6) is 11.5 Å². The summed E-state index contributed by atoms with van der Waals surface area (Å²) < 4.78 is 27.2. The number of imidazole rings is 1. The maximum atomic E-state index is 13.7. The van der Waals surface area contributed by atoms with Gasteiger partial charge in [0.1, 0.15) is 22.5 Å². The number of aryl methyl sites for hydroxylation is 4. The highest BCUT2D eigenvalue weighted by molar-refractivity contribution is 7.16. The van der Waals surface area contributed by atoms with Gasteiger partial charge in [-0.05, 0) is 43.5 Å². The van der Waals surface area contributed by atoms with Gasteiger partial charge in [0.05, 0.1) is 35.3 Å². The molecule has 0 fully saturated rings. The monoisotopic (exact) mass is 869 g/mol. The van der Waals surface area contributed by atoms with E-state index in [1.807, 2.05) is 19.9 Å². The van der Waals surface area contributed by atoms with Gasteiger partial charge in [-0.15, -0.1) is 0 Å². The number of nitrogens with two attached hydrogens (primary N) is 2. The van der Waals surface area contributed by atoms with Crippen LogP contribution in [0.3, 0.4) is 0 Å². The molecule has 4 heterocycles. The standard InChI is InChI=1S/C41H47N11O9S/c1-8-25-34(60-21(3)45-25)38(56)48-40-47-27-17-23(36(42)54)19-29(59-16-12-13-31(53)50(6)44-5)32(27)51(40)14-10-11-15-52-33-28(58-7)18-24(37(43)55)20-30(33)62-41(52)49-39(57)35-26(9-2)46-22(4)61-35/h10-11,17-20,44H,8-9,12-16H2,1-7H3,(H2,42,54)(H2,43,55)(H,47,48,56)/b11-10+,49-41?. The first-order valence-corrected chi connectivity index (χ1v) is 20.4. The fourth-order valence-electron chi connectivity index (χ4n) is 6.60. The third-order valence-electron chi connectivity index (χ3n) is 9.68. The number of primary amides is 2. The Balaban J connectivity index is 1.42. The van der Waals surface area contributed by atoms with Gasteiger partial charge in [-0.25, -0.2) is 20.4 Å². The van der Waals surface area contributed by atoms with E-state index < -0.39 is 23.6 Å². The second-order valence-electron chi connectivity index (χ2n) is 13.8. The van der Waals surface area contributed by atoms with Crippen molar-refractivity contribution in [2.75, 3.05) is 33.1 Å². The van der Waals surface area contributed by atoms with Crippen molar-refractivity contribution in [2.45, 2.75) is 66.5 Å². The van der Waals surface area contributed by atoms with Crippen LogP contribution in [0.1, 0.15) is 91.7 Å². The van der Waals surface area contributed by atoms with Crippen LogP contribution < -0.4 is 36.5 Å². The first kappa shape index (κ1) is 44.4. The van der Waals surface area contributed by atoms with E-state index in [-0.39, 0.29) is 76.7 Å². The summed E-state index contributed by atoms with van der Waals surface area (Å²) in [5.74, 6) is -1.43. The number of hydrogen-bond acceptors (Lipinski definition) is 14. The predicted octanol–water partition coefficient (Wildman–Crippen LogP) is 3.98. The summed E-state index contributed by atoms with van der Waals surface area (Å²) >= 11 is 1.15. The molecule has 0 bridgehead atoms. The van der Waals surface area contributed by atoms with Gasteiger partial charge in [-0.3, -0.25) is 34.3 Å². The number of nitrogens with one attached hydrogen (secondary N) is 2. The summed E-state index contributed by atoms with van der Waals surface area (Å²) in [5.41, 5.74) is 16.6. The van der Waals surface area contributed by atoms with Gasteiger partial charge in [0.2, 0.25) is 35.2 Å². The van der Waals surface area contributed by atoms with Crippen molar-refractivity contribution in [1.29, 1.82) is 0 Å². The predicted molar refractivity (Wildman–Crippen MR) is 228 cm³/mol. The molecule has 62 heavy (non-hydrogen) atoms. The third-order valence-corrected chi connectivity index (χ3v) is 10.7. The van der Waals surface area contributed by atoms with Gasteiger partial charge >= 0.3 is 5.91 Å². The lowest BCUT2D eigenvalue weighted by atomic mass is 10.1. The molecule has 0 aliphatic carbocycles. The fraction of sp³-hybridized carbons (Fsp3) is 0.341. The zero-order valence-corrected chi connectivity index (χ0v) is 36.1. The number of anilines is 1. The third kappa shape index (κ3) is 9.42. The molecule has 6 aromatic rings. The molecule has 326 valence electrons. The van der Waals surface area contributed by atoms with Gasteiger partial charge in [0.15, 0.2) is 16.6 Å². The highest BCUT2D eigenvalue weighted by atomic mass is 32.1. The number of allylic oxidation sites excluding steroid dienone is 2. The quantitative estimate of drug-likeness (QED) is 0.0542. The molecule has 0 radical (unpaired) electrons. The molecule has 20 nitrogen and oxygen atoms in total. The Hall–Kier alpha value is -7.13. The topological polar surface area (TPSA) is 270 Å². The lowest BCUT2D eigenvalue weighted by Gasteiger charge is -2.15. The molecule has 21 heteroatoms. The van der Waals surface area contributed by atoms with Crippen molar-refractivity contribution in [2.24, 2.45) is 16.5 Å². The SMILES string of the molecule is CCc1nc(C)oc1C(=O)N=c1sc2cc(C(N)=O)cc(OC)c2n1C/C=C/Cn1c(NC(=O)c2oc(C)nc2CC)nc2cc(C(N)=O)cc(OCCCC(=O)N(C)NC)c21. The summed E-state index contributed by atoms with van der Waals surface area (Å²) in [5, 5.41) is 4.20. The Morgan fingerprint density at radius 1 is 0.871 bits per heavy atom. The minimum Gasteiger partial charge on any atom is -0.494 e. The number of fused-ring (bicyclic) bond motifs is 2. The zero-order chi connectivity index (χ0) is 44.8. The van der Waals surface area contributed by atoms with Gasteiger partial charge in [-0.1, -0.05) is 37.3 Å². The Kier molecular flexibility index (Phi) is 13.7. The van der Waals surface area contributed by atoms with E-state index in [9.17, 15) is 24.0 Å². The first-order chi connectivity index (χ1) is 29.7. The minimum atomic E-state index is -0.727. The molecule has 0 unspecified atom stereocenters. The molecule has 0 aliphatic rings. The van der Waals surface area contributed by atoms with Crippen molar-refractivity contribution < 1.29 is 42.3 Å². The number of carbonyl (C=O) groups excluding carboxylic acids is 5. The van der Waals surface area contributed by atoms with E-state index in [4.69, 9.17) is 34.8 Å². The summed E-state index contributed by atoms with van der Waals surface area (Å²) in [7, 11) is 4.70. The van der Waals surface area contributed by atoms with E-state index >= 15 is 0 Å². The second kappa shape index (κ2) is 19.1. The Morgan fingerprint density at radius 3 is 2.11 bits per heavy atom. The summed E-state index contributed by atoms with van der Waals surface area (Å²) in [6.45, 7) is 7.32. The number of ether oxygens (including phenoxy) is 2. The average Bonchev–Trinajstić information content (AvgIpc) is 4.02. The number of hydrazine groups is 1. The zero-order valence-electron chi connectivity index (χ0n) is 35.3. The number of benzene rings is 2. The Labute approximate surface area is 358 Å². The van der Waals surface area contributed by atoms with E-state index in [1.54, 1.807) is 49.2 Å². The van der Waals surface area contributed by atoms with Crippen LogP contribution in [0.25, 0.3) is 21.3 Å². The number of aromatic nitrogens is 5. The largest absolute Gasteiger partial charge is 0.494 e. The maximum Gasteiger partial charge on any atom is 0.317 e. The van der Waals surface area contributed by atoms with Crippen LogP contribution in [0.4, 0.5) is 5.95 Å². The van der Waals surface area contributed by atoms with Gasteiger partial charge in [-0.2, -0.15) is 4.99 Å². The van der Waals surface area contributed by atoms with Gasteiger partial charge in [0, 0.05) is 58.6 Å². The molecule has 6 rings (SSSR count). The highest BCUT2D eigenvalue weighted by Crippen LogP contribution is 2.33. The van der Waals surface area contributed by atoms with E-state index in [0.29, 0.717) is 63.9 Å². The van der Waals surface area contributed by atoms with Crippen LogP contribution in [0.15, 0.2) is 50.2 Å². The first-order valence-electron chi connectivity index (χ1n) is 19.6. The van der Waals surface area contributed by atoms with Crippen molar-refractivity contribution >= 4 is 68.1 Å². The van der Waals surface area contributed by atoms with Crippen molar-refractivity contribution in [3.8, 4) is 11.5 Å². The van der Waals surface area contributed by atoms with Crippen LogP contribution >= 0.6 is 11.3 Å². The van der Waals surface area contributed by atoms with E-state index in [2.05, 4.69) is 25.7 Å². The molecule has 0 saturated carbocycles. The normalized spacial score (nSPS) is 11.8. The van der Waals surface area contributed by atoms with Crippen LogP contribution in [0, 0.1) is 13.8 Å². The molecule has 4 aromatic heterocycles. The number of thiazole rings is 1. The number of nitrogens with zero attached hydrogens (tertiary/aromatic N) is 7. The molecule has 6 N–H and O–H groups in total. The molecule has 0 saturated heterocycles. The number of carbonyl (C=O) groups is 5. The lowest BCUT2D eigenvalue weighted by Crippen LogP contribution is -2.36. The van der Waals surface area contributed by atoms with Crippen LogP contribution in [-0.4, -0.2) is 86.4 Å². The summed E-state index contributed by atoms with van der Waals surface area (Å²) in [4.78, 5) is 82.4. The Morgan fingerprint density at radius 2 is 1.48 bits per heavy atom. The smallest absolute Gasteiger partial charge is 0.317 e. The van der Waals surface area contributed by atoms with Gasteiger partial charge in [0.25, 0.3) is 5.91 Å². The minimum absolute atomic E-state index is 0.0243. The number of amides is 5. The van der Waals surface area contributed by atoms with Crippen LogP contribution in [0.2, 0.25) is 0 Å². The maximum absolute atomic E-state index is 13.7. The molecule has 0 atom stereocenters. The van der Waals surface area contributed by atoms with E-state index in [0.717, 1.165) is 11.3 Å². The number of rotatable bonds is 18. The molecule has 0 aliphatic heterocycles. The lowest BCUT2D eigenvalue weighted by molar-refractivity contribution is -0.132. The molecular formula is C41H47N11O9S. The van der Waals surface area contributed by atoms with Crippen molar-refractivity contribution in [1.82, 2.24) is 34.5 Å². The highest BCUT2D eigenvalue weighted by Gasteiger charge is 2.24. The number of oxazole rings is 2. The second-order valence-corrected chi connectivity index (χ2v) is 14.8. The average molecular weight is 870 g/mol. The molecule has 5 amide bonds. The van der Waals surface area contributed by atoms with Crippen molar-refractivity contribution in [3.63, 3.8) is 0 Å². The van der Waals surface area contributed by atoms with E-state index in [1.165, 1.54) is 30.3 Å². The summed E-state index contributed by atoms with van der Waals surface area (Å²) in [6, 6.07) is 6.10. The van der Waals surface area contributed by atoms with Crippen molar-refractivity contribution in [3.05, 3.63) is 87.0 Å². The summed E-state index contributed by atoms with van der Waals surface area (Å²) in [6.07, 6.45) is 5.02. The van der Waals surface area contributed by atoms with Crippen LogP contribution in [-0.2, 0) is 30.7 Å². The molecular weight excluding hydrogens is 823 g/mol.